The number of carbonyl (C=O) groups excluding carboxylic acids is 1. The van der Waals surface area contributed by atoms with Crippen molar-refractivity contribution in [2.24, 2.45) is 0 Å². The summed E-state index contributed by atoms with van der Waals surface area (Å²) in [5.74, 6) is -1.63. The maximum absolute atomic E-state index is 10.8. The Balaban J connectivity index is 0. The third kappa shape index (κ3) is 11.9. The predicted molar refractivity (Wildman–Crippen MR) is 42.4 cm³/mol. The minimum absolute atomic E-state index is 0. The molecule has 0 aromatic heterocycles. The van der Waals surface area contributed by atoms with Gasteiger partial charge in [-0.15, -0.1) is 0 Å². The van der Waals surface area contributed by atoms with E-state index in [4.69, 9.17) is 9.84 Å². The molecule has 0 aromatic rings. The second kappa shape index (κ2) is 6.34. The molecule has 0 aliphatic heterocycles. The number of rotatable bonds is 3. The van der Waals surface area contributed by atoms with E-state index in [1.165, 1.54) is 0 Å². The van der Waals surface area contributed by atoms with E-state index in [0.29, 0.717) is 0 Å². The first-order chi connectivity index (χ1) is 5.31. The molecule has 0 aromatic carbocycles. The van der Waals surface area contributed by atoms with Gasteiger partial charge in [-0.25, -0.2) is 0 Å². The number of ether oxygens (including phenoxy) is 1. The summed E-state index contributed by atoms with van der Waals surface area (Å²) in [6.45, 7) is 5.18. The van der Waals surface area contributed by atoms with Crippen LogP contribution in [0, 0.1) is 37.5 Å². The van der Waals surface area contributed by atoms with Gasteiger partial charge >= 0.3 is 0 Å². The third-order valence-corrected chi connectivity index (χ3v) is 0.863. The number of esters is 1. The van der Waals surface area contributed by atoms with E-state index in [0.717, 1.165) is 6.42 Å². The van der Waals surface area contributed by atoms with Crippen LogP contribution in [-0.4, -0.2) is 22.6 Å². The van der Waals surface area contributed by atoms with Gasteiger partial charge in [-0.05, 0) is 20.8 Å². The molecule has 0 aliphatic rings. The van der Waals surface area contributed by atoms with Crippen LogP contribution in [0.2, 0.25) is 0 Å². The molecule has 0 radical (unpaired) electrons. The molecule has 0 aliphatic carbocycles. The van der Waals surface area contributed by atoms with Crippen LogP contribution in [0.5, 0.6) is 0 Å². The number of hydrogen-bond acceptors (Lipinski definition) is 3. The van der Waals surface area contributed by atoms with Crippen molar-refractivity contribution in [3.05, 3.63) is 6.42 Å². The smallest absolute Gasteiger partial charge is 0.278 e. The molecule has 0 spiro atoms. The molecule has 0 saturated carbocycles. The van der Waals surface area contributed by atoms with Crippen molar-refractivity contribution in [2.45, 2.75) is 32.8 Å². The number of aliphatic carboxylic acids is 1. The summed E-state index contributed by atoms with van der Waals surface area (Å²) in [5, 5.41) is 8.20. The molecule has 0 fully saturated rings. The SMILES string of the molecule is CC(C)(C)OC(=O)C[CH-]C(=O)O.[U]. The van der Waals surface area contributed by atoms with Crippen LogP contribution < -0.4 is 0 Å². The zero-order valence-electron chi connectivity index (χ0n) is 7.96. The molecule has 5 heteroatoms. The molecule has 0 unspecified atom stereocenters. The minimum Gasteiger partial charge on any atom is -0.503 e. The van der Waals surface area contributed by atoms with E-state index in [1.54, 1.807) is 20.8 Å². The Labute approximate surface area is 101 Å². The average Bonchev–Trinajstić information content (AvgIpc) is 1.79. The maximum atomic E-state index is 10.8. The van der Waals surface area contributed by atoms with Crippen molar-refractivity contribution >= 4 is 11.9 Å². The van der Waals surface area contributed by atoms with Crippen molar-refractivity contribution in [3.63, 3.8) is 0 Å². The fourth-order valence-electron chi connectivity index (χ4n) is 0.554. The molecule has 4 nitrogen and oxygen atoms in total. The van der Waals surface area contributed by atoms with Gasteiger partial charge in [0.1, 0.15) is 5.60 Å². The van der Waals surface area contributed by atoms with E-state index < -0.39 is 17.5 Å². The molecule has 0 heterocycles. The third-order valence-electron chi connectivity index (χ3n) is 0.863. The van der Waals surface area contributed by atoms with Gasteiger partial charge in [-0.1, -0.05) is 6.42 Å². The summed E-state index contributed by atoms with van der Waals surface area (Å²) in [6, 6.07) is 0. The Kier molecular flexibility index (Phi) is 7.48. The van der Waals surface area contributed by atoms with Gasteiger partial charge < -0.3 is 9.84 Å². The van der Waals surface area contributed by atoms with E-state index in [-0.39, 0.29) is 37.5 Å². The van der Waals surface area contributed by atoms with Crippen LogP contribution >= 0.6 is 0 Å². The second-order valence-electron chi connectivity index (χ2n) is 3.33. The summed E-state index contributed by atoms with van der Waals surface area (Å²) in [4.78, 5) is 20.9. The average molecular weight is 411 g/mol. The van der Waals surface area contributed by atoms with Crippen LogP contribution in [0.25, 0.3) is 0 Å². The molecular formula is C8H13O4U-. The standard InChI is InChI=1S/C8H13O4.U/c1-8(2,3)12-7(11)5-4-6(9)10;/h4H,5H2,1-3H3,(H,9,10);/q-1;. The first-order valence-electron chi connectivity index (χ1n) is 3.59. The molecule has 0 atom stereocenters. The summed E-state index contributed by atoms with van der Waals surface area (Å²) < 4.78 is 4.85. The van der Waals surface area contributed by atoms with Crippen LogP contribution in [0.1, 0.15) is 27.2 Å². The Bertz CT molecular complexity index is 183. The number of hydrogen-bond donors (Lipinski definition) is 1. The zero-order valence-corrected chi connectivity index (χ0v) is 12.1. The Morgan fingerprint density at radius 3 is 2.15 bits per heavy atom. The Morgan fingerprint density at radius 1 is 1.38 bits per heavy atom. The van der Waals surface area contributed by atoms with E-state index in [2.05, 4.69) is 0 Å². The van der Waals surface area contributed by atoms with Crippen molar-refractivity contribution in [2.75, 3.05) is 0 Å². The monoisotopic (exact) mass is 411 g/mol. The molecule has 0 amide bonds. The fourth-order valence-corrected chi connectivity index (χ4v) is 0.554. The van der Waals surface area contributed by atoms with Gasteiger partial charge in [0.15, 0.2) is 5.97 Å². The largest absolute Gasteiger partial charge is 0.503 e. The Hall–Kier alpha value is -0.138. The summed E-state index contributed by atoms with van der Waals surface area (Å²) in [5.41, 5.74) is -0.552. The van der Waals surface area contributed by atoms with Crippen LogP contribution in [0.3, 0.4) is 0 Å². The van der Waals surface area contributed by atoms with Crippen molar-refractivity contribution in [1.82, 2.24) is 0 Å². The van der Waals surface area contributed by atoms with Crippen molar-refractivity contribution in [1.29, 1.82) is 0 Å². The van der Waals surface area contributed by atoms with Crippen molar-refractivity contribution in [3.8, 4) is 0 Å². The molecule has 0 rings (SSSR count). The number of carboxylic acid groups (broad SMARTS) is 1. The fraction of sp³-hybridized carbons (Fsp3) is 0.625. The molecule has 13 heavy (non-hydrogen) atoms. The maximum Gasteiger partial charge on any atom is 0.278 e. The predicted octanol–water partition coefficient (Wildman–Crippen LogP) is 1.01. The molecule has 0 saturated heterocycles. The van der Waals surface area contributed by atoms with Crippen LogP contribution in [-0.2, 0) is 14.3 Å². The number of carboxylic acids is 1. The van der Waals surface area contributed by atoms with E-state index in [1.807, 2.05) is 0 Å². The molecular weight excluding hydrogens is 398 g/mol. The quantitative estimate of drug-likeness (QED) is 0.557. The second-order valence-corrected chi connectivity index (χ2v) is 3.33. The number of carbonyl (C=O) groups is 2. The minimum atomic E-state index is -1.11. The van der Waals surface area contributed by atoms with Gasteiger partial charge in [0.2, 0.25) is 0 Å². The van der Waals surface area contributed by atoms with Crippen LogP contribution in [0.4, 0.5) is 0 Å². The normalized spacial score (nSPS) is 9.77. The van der Waals surface area contributed by atoms with Gasteiger partial charge in [0.25, 0.3) is 5.97 Å². The first-order valence-corrected chi connectivity index (χ1v) is 3.59. The topological polar surface area (TPSA) is 63.6 Å². The summed E-state index contributed by atoms with van der Waals surface area (Å²) in [6.07, 6.45) is 0.681. The molecule has 1 N–H and O–H groups in total. The van der Waals surface area contributed by atoms with Gasteiger partial charge in [-0.3, -0.25) is 16.0 Å². The van der Waals surface area contributed by atoms with Crippen LogP contribution in [0.15, 0.2) is 0 Å². The van der Waals surface area contributed by atoms with Gasteiger partial charge in [-0.2, -0.15) is 0 Å². The molecule has 74 valence electrons. The molecule has 0 bridgehead atoms. The van der Waals surface area contributed by atoms with Crippen molar-refractivity contribution < 1.29 is 50.5 Å². The van der Waals surface area contributed by atoms with E-state index >= 15 is 0 Å². The summed E-state index contributed by atoms with van der Waals surface area (Å²) >= 11 is 0. The van der Waals surface area contributed by atoms with E-state index in [9.17, 15) is 9.59 Å². The van der Waals surface area contributed by atoms with Gasteiger partial charge in [0.05, 0.1) is 0 Å². The Morgan fingerprint density at radius 2 is 1.85 bits per heavy atom. The zero-order chi connectivity index (χ0) is 9.78. The van der Waals surface area contributed by atoms with Gasteiger partial charge in [0, 0.05) is 31.1 Å². The summed E-state index contributed by atoms with van der Waals surface area (Å²) in [7, 11) is 0. The first kappa shape index (κ1) is 15.3.